The first-order valence-corrected chi connectivity index (χ1v) is 11.3. The highest BCUT2D eigenvalue weighted by atomic mass is 32.1. The average molecular weight is 427 g/mol. The third-order valence-electron chi connectivity index (χ3n) is 5.80. The van der Waals surface area contributed by atoms with Gasteiger partial charge in [-0.15, -0.1) is 11.3 Å². The summed E-state index contributed by atoms with van der Waals surface area (Å²) >= 11 is 1.74. The molecular weight excluding hydrogens is 399 g/mol. The van der Waals surface area contributed by atoms with E-state index in [0.29, 0.717) is 0 Å². The molecule has 0 spiro atoms. The van der Waals surface area contributed by atoms with Gasteiger partial charge in [-0.05, 0) is 61.9 Å². The zero-order valence-electron chi connectivity index (χ0n) is 17.4. The number of anilines is 1. The van der Waals surface area contributed by atoms with Gasteiger partial charge in [-0.3, -0.25) is 0 Å². The largest absolute Gasteiger partial charge is 0.322 e. The molecule has 0 aliphatic carbocycles. The summed E-state index contributed by atoms with van der Waals surface area (Å²) in [5.41, 5.74) is 2.24. The van der Waals surface area contributed by atoms with Crippen molar-refractivity contribution in [2.45, 2.75) is 51.5 Å². The Bertz CT molecular complexity index is 999. The summed E-state index contributed by atoms with van der Waals surface area (Å²) in [6.45, 7) is 5.02. The lowest BCUT2D eigenvalue weighted by Gasteiger charge is -2.35. The minimum atomic E-state index is -0.282. The molecule has 1 unspecified atom stereocenters. The number of hydrogen-bond acceptors (Lipinski definition) is 3. The molecule has 1 aromatic carbocycles. The number of halogens is 1. The van der Waals surface area contributed by atoms with E-state index in [1.807, 2.05) is 4.90 Å². The molecule has 4 rings (SSSR count). The van der Waals surface area contributed by atoms with E-state index in [4.69, 9.17) is 0 Å². The second-order valence-corrected chi connectivity index (χ2v) is 9.11. The highest BCUT2D eigenvalue weighted by molar-refractivity contribution is 7.09. The molecule has 0 saturated carbocycles. The van der Waals surface area contributed by atoms with E-state index in [1.165, 1.54) is 17.0 Å². The third kappa shape index (κ3) is 4.12. The van der Waals surface area contributed by atoms with E-state index in [0.717, 1.165) is 55.7 Å². The van der Waals surface area contributed by atoms with Gasteiger partial charge in [0.15, 0.2) is 0 Å². The second-order valence-electron chi connectivity index (χ2n) is 8.08. The monoisotopic (exact) mass is 426 g/mol. The second kappa shape index (κ2) is 8.60. The molecule has 1 atom stereocenters. The maximum Gasteiger partial charge on any atom is 0.322 e. The predicted octanol–water partition coefficient (Wildman–Crippen LogP) is 5.65. The Balaban J connectivity index is 1.56. The van der Waals surface area contributed by atoms with E-state index in [2.05, 4.69) is 41.8 Å². The van der Waals surface area contributed by atoms with Gasteiger partial charge in [-0.1, -0.05) is 19.4 Å². The molecule has 0 radical (unpaired) electrons. The number of aromatic nitrogens is 2. The van der Waals surface area contributed by atoms with Crippen LogP contribution in [0.1, 0.15) is 43.7 Å². The zero-order chi connectivity index (χ0) is 21.1. The smallest absolute Gasteiger partial charge is 0.319 e. The number of urea groups is 1. The van der Waals surface area contributed by atoms with Gasteiger partial charge in [0.2, 0.25) is 0 Å². The molecule has 0 bridgehead atoms. The van der Waals surface area contributed by atoms with Crippen LogP contribution >= 0.6 is 11.3 Å². The number of likely N-dealkylation sites (tertiary alicyclic amines) is 1. The maximum atomic E-state index is 13.3. The molecule has 5 nitrogen and oxygen atoms in total. The van der Waals surface area contributed by atoms with Crippen LogP contribution in [0, 0.1) is 5.82 Å². The van der Waals surface area contributed by atoms with Crippen molar-refractivity contribution in [3.8, 4) is 5.69 Å². The SMILES string of the molecule is CCCc1c(NC(=O)N2CCCC2(C)Cc2cccs2)cnn1-c1ccc(F)cc1. The van der Waals surface area contributed by atoms with Crippen molar-refractivity contribution >= 4 is 23.1 Å². The Morgan fingerprint density at radius 2 is 2.10 bits per heavy atom. The van der Waals surface area contributed by atoms with Crippen LogP contribution < -0.4 is 5.32 Å². The highest BCUT2D eigenvalue weighted by Gasteiger charge is 2.40. The fraction of sp³-hybridized carbons (Fsp3) is 0.391. The lowest BCUT2D eigenvalue weighted by Crippen LogP contribution is -2.48. The van der Waals surface area contributed by atoms with Crippen LogP contribution in [0.15, 0.2) is 48.0 Å². The summed E-state index contributed by atoms with van der Waals surface area (Å²) < 4.78 is 15.1. The molecule has 1 fully saturated rings. The summed E-state index contributed by atoms with van der Waals surface area (Å²) in [6, 6.07) is 10.4. The summed E-state index contributed by atoms with van der Waals surface area (Å²) in [4.78, 5) is 16.5. The third-order valence-corrected chi connectivity index (χ3v) is 6.67. The van der Waals surface area contributed by atoms with E-state index < -0.39 is 0 Å². The van der Waals surface area contributed by atoms with Gasteiger partial charge < -0.3 is 10.2 Å². The lowest BCUT2D eigenvalue weighted by atomic mass is 9.94. The molecule has 1 N–H and O–H groups in total. The van der Waals surface area contributed by atoms with Gasteiger partial charge in [0.05, 0.1) is 23.3 Å². The Labute approximate surface area is 180 Å². The predicted molar refractivity (Wildman–Crippen MR) is 119 cm³/mol. The van der Waals surface area contributed by atoms with Crippen LogP contribution in [0.25, 0.3) is 5.69 Å². The molecule has 1 aliphatic heterocycles. The summed E-state index contributed by atoms with van der Waals surface area (Å²) in [7, 11) is 0. The standard InChI is InChI=1S/C23H27FN4OS/c1-3-6-21-20(16-25-28(21)18-10-8-17(24)9-11-18)26-22(29)27-13-5-12-23(27,2)15-19-7-4-14-30-19/h4,7-11,14,16H,3,5-6,12-13,15H2,1-2H3,(H,26,29). The van der Waals surface area contributed by atoms with E-state index in [1.54, 1.807) is 34.3 Å². The Hall–Kier alpha value is -2.67. The maximum absolute atomic E-state index is 13.3. The number of thiophene rings is 1. The van der Waals surface area contributed by atoms with Crippen molar-refractivity contribution in [1.82, 2.24) is 14.7 Å². The molecule has 1 aliphatic rings. The van der Waals surface area contributed by atoms with Crippen molar-refractivity contribution in [1.29, 1.82) is 0 Å². The summed E-state index contributed by atoms with van der Waals surface area (Å²) in [5, 5.41) is 9.66. The fourth-order valence-electron chi connectivity index (χ4n) is 4.28. The van der Waals surface area contributed by atoms with Crippen LogP contribution in [-0.2, 0) is 12.8 Å². The topological polar surface area (TPSA) is 50.2 Å². The normalized spacial score (nSPS) is 18.7. The molecule has 1 saturated heterocycles. The summed E-state index contributed by atoms with van der Waals surface area (Å²) in [6.07, 6.45) is 6.24. The van der Waals surface area contributed by atoms with Gasteiger partial charge >= 0.3 is 6.03 Å². The van der Waals surface area contributed by atoms with Crippen molar-refractivity contribution in [2.75, 3.05) is 11.9 Å². The van der Waals surface area contributed by atoms with E-state index in [9.17, 15) is 9.18 Å². The van der Waals surface area contributed by atoms with Gasteiger partial charge in [0, 0.05) is 23.4 Å². The van der Waals surface area contributed by atoms with Crippen LogP contribution in [0.4, 0.5) is 14.9 Å². The fourth-order valence-corrected chi connectivity index (χ4v) is 5.17. The summed E-state index contributed by atoms with van der Waals surface area (Å²) in [5.74, 6) is -0.282. The molecule has 7 heteroatoms. The number of amides is 2. The number of carbonyl (C=O) groups excluding carboxylic acids is 1. The Kier molecular flexibility index (Phi) is 5.90. The van der Waals surface area contributed by atoms with Crippen molar-refractivity contribution in [2.24, 2.45) is 0 Å². The lowest BCUT2D eigenvalue weighted by molar-refractivity contribution is 0.168. The van der Waals surface area contributed by atoms with E-state index >= 15 is 0 Å². The molecule has 30 heavy (non-hydrogen) atoms. The quantitative estimate of drug-likeness (QED) is 0.553. The zero-order valence-corrected chi connectivity index (χ0v) is 18.2. The van der Waals surface area contributed by atoms with Crippen molar-refractivity contribution in [3.05, 3.63) is 64.4 Å². The van der Waals surface area contributed by atoms with Crippen molar-refractivity contribution in [3.63, 3.8) is 0 Å². The minimum absolute atomic E-state index is 0.0810. The Morgan fingerprint density at radius 1 is 1.30 bits per heavy atom. The number of benzene rings is 1. The van der Waals surface area contributed by atoms with Gasteiger partial charge in [-0.25, -0.2) is 13.9 Å². The van der Waals surface area contributed by atoms with Gasteiger partial charge in [-0.2, -0.15) is 5.10 Å². The van der Waals surface area contributed by atoms with Crippen LogP contribution in [0.3, 0.4) is 0 Å². The molecule has 2 aromatic heterocycles. The van der Waals surface area contributed by atoms with Crippen LogP contribution in [-0.4, -0.2) is 32.8 Å². The minimum Gasteiger partial charge on any atom is -0.319 e. The van der Waals surface area contributed by atoms with Crippen molar-refractivity contribution < 1.29 is 9.18 Å². The Morgan fingerprint density at radius 3 is 2.80 bits per heavy atom. The average Bonchev–Trinajstić information content (AvgIpc) is 3.45. The van der Waals surface area contributed by atoms with E-state index in [-0.39, 0.29) is 17.4 Å². The number of nitrogens with one attached hydrogen (secondary N) is 1. The molecule has 3 heterocycles. The molecule has 158 valence electrons. The number of hydrogen-bond donors (Lipinski definition) is 1. The number of carbonyl (C=O) groups is 1. The van der Waals surface area contributed by atoms with Crippen LogP contribution in [0.5, 0.6) is 0 Å². The number of nitrogens with zero attached hydrogens (tertiary/aromatic N) is 3. The first kappa shape index (κ1) is 20.6. The first-order valence-electron chi connectivity index (χ1n) is 10.4. The highest BCUT2D eigenvalue weighted by Crippen LogP contribution is 2.34. The molecule has 2 amide bonds. The first-order chi connectivity index (χ1) is 14.5. The van der Waals surface area contributed by atoms with Crippen LogP contribution in [0.2, 0.25) is 0 Å². The molecule has 3 aromatic rings. The number of rotatable bonds is 6. The van der Waals surface area contributed by atoms with Gasteiger partial charge in [0.1, 0.15) is 5.82 Å². The molecular formula is C23H27FN4OS. The van der Waals surface area contributed by atoms with Gasteiger partial charge in [0.25, 0.3) is 0 Å².